The third kappa shape index (κ3) is 1.23. The van der Waals surface area contributed by atoms with Gasteiger partial charge in [-0.1, -0.05) is 34.7 Å². The van der Waals surface area contributed by atoms with Crippen LogP contribution in [0.4, 0.5) is 0 Å². The number of likely N-dealkylation sites (tertiary alicyclic amines) is 1. The number of amides is 2. The van der Waals surface area contributed by atoms with Crippen LogP contribution in [0.3, 0.4) is 0 Å². The summed E-state index contributed by atoms with van der Waals surface area (Å²) >= 11 is 2.20. The summed E-state index contributed by atoms with van der Waals surface area (Å²) in [6.07, 6.45) is 9.08. The number of allylic oxidation sites excluding steroid dienone is 4. The molecule has 4 atom stereocenters. The van der Waals surface area contributed by atoms with Crippen molar-refractivity contribution < 1.29 is 14.3 Å². The summed E-state index contributed by atoms with van der Waals surface area (Å²) < 4.78 is 5.20. The summed E-state index contributed by atoms with van der Waals surface area (Å²) in [7, 11) is 0. The van der Waals surface area contributed by atoms with E-state index < -0.39 is 8.84 Å². The fourth-order valence-electron chi connectivity index (χ4n) is 4.10. The Morgan fingerprint density at radius 3 is 2.70 bits per heavy atom. The first-order chi connectivity index (χ1) is 9.51. The van der Waals surface area contributed by atoms with Crippen molar-refractivity contribution in [2.24, 2.45) is 5.41 Å². The molecule has 1 aliphatic carbocycles. The lowest BCUT2D eigenvalue weighted by molar-refractivity contribution is -0.142. The Labute approximate surface area is 131 Å². The zero-order valence-corrected chi connectivity index (χ0v) is 13.4. The minimum absolute atomic E-state index is 0.0642. The van der Waals surface area contributed by atoms with Gasteiger partial charge in [0, 0.05) is 5.70 Å². The van der Waals surface area contributed by atoms with Crippen molar-refractivity contribution in [1.29, 1.82) is 0 Å². The van der Waals surface area contributed by atoms with E-state index in [1.807, 2.05) is 19.1 Å². The molecule has 4 aliphatic rings. The number of ether oxygens (including phenoxy) is 1. The maximum absolute atomic E-state index is 13.0. The van der Waals surface area contributed by atoms with E-state index in [1.165, 1.54) is 4.90 Å². The van der Waals surface area contributed by atoms with Crippen LogP contribution in [0.1, 0.15) is 32.6 Å². The van der Waals surface area contributed by atoms with Crippen molar-refractivity contribution in [2.45, 2.75) is 48.2 Å². The zero-order chi connectivity index (χ0) is 14.1. The number of halogens is 1. The van der Waals surface area contributed by atoms with Gasteiger partial charge >= 0.3 is 0 Å². The van der Waals surface area contributed by atoms with Crippen LogP contribution in [0.15, 0.2) is 23.9 Å². The normalized spacial score (nSPS) is 46.1. The molecule has 0 radical (unpaired) electrons. The number of carbonyl (C=O) groups excluding carboxylic acids is 2. The Morgan fingerprint density at radius 2 is 2.05 bits per heavy atom. The van der Waals surface area contributed by atoms with Gasteiger partial charge in [0.1, 0.15) is 3.42 Å². The number of carbonyl (C=O) groups is 2. The quantitative estimate of drug-likeness (QED) is 0.396. The largest absolute Gasteiger partial charge is 0.372 e. The number of fused-ring (bicyclic) bond motifs is 5. The van der Waals surface area contributed by atoms with Crippen molar-refractivity contribution in [1.82, 2.24) is 4.90 Å². The molecular formula is C15H16INO3. The number of imide groups is 1. The topological polar surface area (TPSA) is 46.6 Å². The summed E-state index contributed by atoms with van der Waals surface area (Å²) in [5.41, 5.74) is 0.142. The van der Waals surface area contributed by atoms with Crippen LogP contribution in [-0.4, -0.2) is 32.3 Å². The Balaban J connectivity index is 1.83. The van der Waals surface area contributed by atoms with Gasteiger partial charge in [-0.2, -0.15) is 0 Å². The number of alkyl halides is 1. The molecule has 4 nitrogen and oxygen atoms in total. The first kappa shape index (κ1) is 13.0. The molecule has 5 heteroatoms. The van der Waals surface area contributed by atoms with Gasteiger partial charge in [-0.15, -0.1) is 0 Å². The molecule has 4 rings (SSSR count). The molecule has 0 spiro atoms. The Bertz CT molecular complexity index is 550. The van der Waals surface area contributed by atoms with Gasteiger partial charge in [0.25, 0.3) is 5.91 Å². The fourth-order valence-corrected chi connectivity index (χ4v) is 5.38. The van der Waals surface area contributed by atoms with Crippen molar-refractivity contribution in [3.8, 4) is 0 Å². The van der Waals surface area contributed by atoms with Gasteiger partial charge in [-0.25, -0.2) is 0 Å². The van der Waals surface area contributed by atoms with Crippen LogP contribution in [0.2, 0.25) is 0 Å². The van der Waals surface area contributed by atoms with Gasteiger partial charge < -0.3 is 4.74 Å². The predicted octanol–water partition coefficient (Wildman–Crippen LogP) is 2.33. The Kier molecular flexibility index (Phi) is 2.56. The summed E-state index contributed by atoms with van der Waals surface area (Å²) in [6.45, 7) is 1.92. The molecule has 3 fully saturated rings. The van der Waals surface area contributed by atoms with Crippen LogP contribution in [0, 0.1) is 5.41 Å². The SMILES string of the molecule is CC12C(=O)N(C3=CC=CCC3)C(=O)C1(I)C1CCC2O1. The second kappa shape index (κ2) is 3.94. The van der Waals surface area contributed by atoms with Crippen LogP contribution < -0.4 is 0 Å². The predicted molar refractivity (Wildman–Crippen MR) is 81.1 cm³/mol. The first-order valence-corrected chi connectivity index (χ1v) is 8.18. The molecule has 3 heterocycles. The molecule has 4 unspecified atom stereocenters. The van der Waals surface area contributed by atoms with Gasteiger partial charge in [0.15, 0.2) is 0 Å². The van der Waals surface area contributed by atoms with Crippen LogP contribution >= 0.6 is 22.6 Å². The smallest absolute Gasteiger partial charge is 0.253 e. The minimum Gasteiger partial charge on any atom is -0.372 e. The summed E-state index contributed by atoms with van der Waals surface area (Å²) in [4.78, 5) is 27.4. The zero-order valence-electron chi connectivity index (χ0n) is 11.3. The maximum atomic E-state index is 13.0. The van der Waals surface area contributed by atoms with E-state index in [4.69, 9.17) is 4.74 Å². The van der Waals surface area contributed by atoms with E-state index in [0.29, 0.717) is 0 Å². The Hall–Kier alpha value is -0.690. The van der Waals surface area contributed by atoms with Crippen molar-refractivity contribution in [3.05, 3.63) is 23.9 Å². The maximum Gasteiger partial charge on any atom is 0.253 e. The highest BCUT2D eigenvalue weighted by molar-refractivity contribution is 14.1. The highest BCUT2D eigenvalue weighted by Crippen LogP contribution is 2.64. The lowest BCUT2D eigenvalue weighted by Crippen LogP contribution is -2.52. The standard InChI is InChI=1S/C15H16INO3/c1-14-10-7-8-11(20-10)15(14,16)13(19)17(12(14)18)9-5-3-2-4-6-9/h2-3,5,10-11H,4,6-8H2,1H3. The van der Waals surface area contributed by atoms with Gasteiger partial charge in [0.05, 0.1) is 17.6 Å². The van der Waals surface area contributed by atoms with Crippen molar-refractivity contribution in [2.75, 3.05) is 0 Å². The molecule has 3 saturated heterocycles. The molecule has 2 amide bonds. The summed E-state index contributed by atoms with van der Waals surface area (Å²) in [5.74, 6) is -0.134. The van der Waals surface area contributed by atoms with Crippen LogP contribution in [-0.2, 0) is 14.3 Å². The number of hydrogen-bond donors (Lipinski definition) is 0. The van der Waals surface area contributed by atoms with E-state index in [0.717, 1.165) is 31.4 Å². The van der Waals surface area contributed by atoms with E-state index in [1.54, 1.807) is 0 Å². The lowest BCUT2D eigenvalue weighted by atomic mass is 9.69. The molecule has 0 aromatic carbocycles. The second-order valence-corrected chi connectivity index (χ2v) is 7.88. The summed E-state index contributed by atoms with van der Waals surface area (Å²) in [5, 5.41) is 0. The molecular weight excluding hydrogens is 369 g/mol. The van der Waals surface area contributed by atoms with E-state index in [2.05, 4.69) is 28.7 Å². The number of nitrogens with zero attached hydrogens (tertiary/aromatic N) is 1. The Morgan fingerprint density at radius 1 is 1.30 bits per heavy atom. The first-order valence-electron chi connectivity index (χ1n) is 7.10. The molecule has 0 aromatic rings. The van der Waals surface area contributed by atoms with Gasteiger partial charge in [0.2, 0.25) is 5.91 Å². The average molecular weight is 385 g/mol. The molecule has 3 aliphatic heterocycles. The van der Waals surface area contributed by atoms with Crippen molar-refractivity contribution >= 4 is 34.4 Å². The third-order valence-corrected chi connectivity index (χ3v) is 7.58. The number of rotatable bonds is 1. The molecule has 20 heavy (non-hydrogen) atoms. The van der Waals surface area contributed by atoms with Crippen molar-refractivity contribution in [3.63, 3.8) is 0 Å². The molecule has 106 valence electrons. The minimum atomic E-state index is -0.716. The highest BCUT2D eigenvalue weighted by Gasteiger charge is 2.78. The van der Waals surface area contributed by atoms with E-state index in [9.17, 15) is 9.59 Å². The van der Waals surface area contributed by atoms with Gasteiger partial charge in [-0.3, -0.25) is 14.5 Å². The average Bonchev–Trinajstić information content (AvgIpc) is 3.06. The third-order valence-electron chi connectivity index (χ3n) is 5.30. The van der Waals surface area contributed by atoms with E-state index in [-0.39, 0.29) is 24.0 Å². The molecule has 0 aromatic heterocycles. The molecule has 2 bridgehead atoms. The molecule has 0 saturated carbocycles. The lowest BCUT2D eigenvalue weighted by Gasteiger charge is -2.34. The highest BCUT2D eigenvalue weighted by atomic mass is 127. The van der Waals surface area contributed by atoms with Crippen LogP contribution in [0.25, 0.3) is 0 Å². The second-order valence-electron chi connectivity index (χ2n) is 6.18. The number of hydrogen-bond acceptors (Lipinski definition) is 3. The fraction of sp³-hybridized carbons (Fsp3) is 0.600. The van der Waals surface area contributed by atoms with Crippen LogP contribution in [0.5, 0.6) is 0 Å². The monoisotopic (exact) mass is 385 g/mol. The van der Waals surface area contributed by atoms with E-state index >= 15 is 0 Å². The molecule has 0 N–H and O–H groups in total. The summed E-state index contributed by atoms with van der Waals surface area (Å²) in [6, 6.07) is 0. The van der Waals surface area contributed by atoms with Gasteiger partial charge in [-0.05, 0) is 38.7 Å².